The Labute approximate surface area is 194 Å². The minimum atomic E-state index is -0.644. The van der Waals surface area contributed by atoms with Crippen molar-refractivity contribution in [2.75, 3.05) is 19.1 Å². The maximum Gasteiger partial charge on any atom is 0.355 e. The number of hydrogen-bond acceptors (Lipinski definition) is 6. The van der Waals surface area contributed by atoms with Gasteiger partial charge in [-0.2, -0.15) is 0 Å². The Balaban J connectivity index is 1.84. The minimum absolute atomic E-state index is 0.0792. The molecule has 160 valence electrons. The summed E-state index contributed by atoms with van der Waals surface area (Å²) >= 11 is 13.7. The van der Waals surface area contributed by atoms with E-state index in [1.54, 1.807) is 41.1 Å². The minimum Gasteiger partial charge on any atom is -0.465 e. The average Bonchev–Trinajstić information content (AvgIpc) is 3.02. The fourth-order valence-corrected chi connectivity index (χ4v) is 4.03. The van der Waals surface area contributed by atoms with E-state index in [0.29, 0.717) is 15.7 Å². The highest BCUT2D eigenvalue weighted by atomic mass is 35.5. The quantitative estimate of drug-likeness (QED) is 0.390. The molecule has 1 heterocycles. The molecule has 0 saturated carbocycles. The molecule has 0 radical (unpaired) electrons. The van der Waals surface area contributed by atoms with Crippen LogP contribution in [0.1, 0.15) is 5.56 Å². The van der Waals surface area contributed by atoms with Gasteiger partial charge in [-0.15, -0.1) is 11.8 Å². The molecule has 0 amide bonds. The molecule has 3 rings (SSSR count). The second-order valence-electron chi connectivity index (χ2n) is 6.35. The molecule has 31 heavy (non-hydrogen) atoms. The number of halogens is 2. The first-order chi connectivity index (χ1) is 14.9. The lowest BCUT2D eigenvalue weighted by atomic mass is 10.1. The van der Waals surface area contributed by atoms with Crippen LogP contribution in [0.3, 0.4) is 0 Å². The molecule has 0 bridgehead atoms. The van der Waals surface area contributed by atoms with Gasteiger partial charge in [-0.25, -0.2) is 9.59 Å². The Kier molecular flexibility index (Phi) is 7.85. The molecule has 1 aliphatic heterocycles. The highest BCUT2D eigenvalue weighted by molar-refractivity contribution is 7.98. The van der Waals surface area contributed by atoms with E-state index in [1.807, 2.05) is 36.4 Å². The zero-order chi connectivity index (χ0) is 22.4. The van der Waals surface area contributed by atoms with Crippen molar-refractivity contribution in [1.29, 1.82) is 0 Å². The first-order valence-corrected chi connectivity index (χ1v) is 10.9. The fourth-order valence-electron chi connectivity index (χ4n) is 2.86. The van der Waals surface area contributed by atoms with Gasteiger partial charge >= 0.3 is 11.9 Å². The van der Waals surface area contributed by atoms with E-state index < -0.39 is 11.9 Å². The highest BCUT2D eigenvalue weighted by Gasteiger charge is 2.27. The largest absolute Gasteiger partial charge is 0.465 e. The zero-order valence-electron chi connectivity index (χ0n) is 16.8. The summed E-state index contributed by atoms with van der Waals surface area (Å²) in [5.41, 5.74) is 1.94. The van der Waals surface area contributed by atoms with Crippen molar-refractivity contribution >= 4 is 52.6 Å². The molecule has 5 nitrogen and oxygen atoms in total. The number of anilines is 1. The van der Waals surface area contributed by atoms with Crippen molar-refractivity contribution in [2.24, 2.45) is 0 Å². The smallest absolute Gasteiger partial charge is 0.355 e. The summed E-state index contributed by atoms with van der Waals surface area (Å²) in [6, 6.07) is 13.2. The molecule has 2 aromatic carbocycles. The Hall–Kier alpha value is -2.67. The Morgan fingerprint density at radius 3 is 2.29 bits per heavy atom. The van der Waals surface area contributed by atoms with Crippen LogP contribution in [-0.2, 0) is 24.8 Å². The summed E-state index contributed by atoms with van der Waals surface area (Å²) in [6.07, 6.45) is 6.61. The number of hydrogen-bond donors (Lipinski definition) is 0. The summed E-state index contributed by atoms with van der Waals surface area (Å²) in [5, 5.41) is 1.06. The van der Waals surface area contributed by atoms with Gasteiger partial charge in [0, 0.05) is 22.5 Å². The van der Waals surface area contributed by atoms with Gasteiger partial charge in [0.1, 0.15) is 5.70 Å². The van der Waals surface area contributed by atoms with Gasteiger partial charge in [-0.3, -0.25) is 0 Å². The first-order valence-electron chi connectivity index (χ1n) is 9.16. The Bertz CT molecular complexity index is 1080. The lowest BCUT2D eigenvalue weighted by molar-refractivity contribution is -0.139. The van der Waals surface area contributed by atoms with E-state index in [9.17, 15) is 9.59 Å². The molecule has 0 fully saturated rings. The number of carbonyl (C=O) groups excluding carboxylic acids is 2. The van der Waals surface area contributed by atoms with Gasteiger partial charge in [-0.1, -0.05) is 35.3 Å². The van der Waals surface area contributed by atoms with Gasteiger partial charge in [0.25, 0.3) is 0 Å². The van der Waals surface area contributed by atoms with Crippen LogP contribution in [0.4, 0.5) is 5.69 Å². The van der Waals surface area contributed by atoms with Crippen LogP contribution < -0.4 is 4.90 Å². The van der Waals surface area contributed by atoms with Crippen molar-refractivity contribution < 1.29 is 19.1 Å². The summed E-state index contributed by atoms with van der Waals surface area (Å²) in [4.78, 5) is 27.4. The van der Waals surface area contributed by atoms with Gasteiger partial charge < -0.3 is 14.4 Å². The van der Waals surface area contributed by atoms with Crippen LogP contribution >= 0.6 is 35.0 Å². The molecule has 8 heteroatoms. The molecule has 0 spiro atoms. The summed E-state index contributed by atoms with van der Waals surface area (Å²) in [7, 11) is 2.53. The molecule has 0 saturated heterocycles. The van der Waals surface area contributed by atoms with E-state index in [-0.39, 0.29) is 11.3 Å². The third kappa shape index (κ3) is 5.53. The molecule has 0 aromatic heterocycles. The Morgan fingerprint density at radius 1 is 0.935 bits per heavy atom. The summed E-state index contributed by atoms with van der Waals surface area (Å²) in [6.45, 7) is 0. The standard InChI is InChI=1S/C23H19Cl2NO4S/c1-29-22(27)18-5-3-4-12-26(21(18)23(28)30-2)16-7-9-17(10-8-16)31-14-15-6-11-19(24)20(25)13-15/h3-13H,14H2,1-2H3. The predicted molar refractivity (Wildman–Crippen MR) is 124 cm³/mol. The molecular formula is C23H19Cl2NO4S. The van der Waals surface area contributed by atoms with E-state index in [0.717, 1.165) is 16.2 Å². The maximum atomic E-state index is 12.5. The van der Waals surface area contributed by atoms with Crippen molar-refractivity contribution in [1.82, 2.24) is 0 Å². The van der Waals surface area contributed by atoms with Crippen molar-refractivity contribution in [3.05, 3.63) is 93.8 Å². The number of carbonyl (C=O) groups is 2. The highest BCUT2D eigenvalue weighted by Crippen LogP contribution is 2.31. The second-order valence-corrected chi connectivity index (χ2v) is 8.21. The number of esters is 2. The van der Waals surface area contributed by atoms with Crippen LogP contribution in [-0.4, -0.2) is 26.2 Å². The first kappa shape index (κ1) is 23.0. The van der Waals surface area contributed by atoms with Crippen LogP contribution in [0, 0.1) is 0 Å². The SMILES string of the molecule is COC(=O)C1=C(C(=O)OC)N(c2ccc(SCc3ccc(Cl)c(Cl)c3)cc2)C=CC=C1. The second kappa shape index (κ2) is 10.6. The predicted octanol–water partition coefficient (Wildman–Crippen LogP) is 5.78. The molecular weight excluding hydrogens is 457 g/mol. The van der Waals surface area contributed by atoms with Crippen molar-refractivity contribution in [3.63, 3.8) is 0 Å². The number of nitrogens with zero attached hydrogens (tertiary/aromatic N) is 1. The molecule has 0 aliphatic carbocycles. The number of ether oxygens (including phenoxy) is 2. The van der Waals surface area contributed by atoms with Crippen molar-refractivity contribution in [3.8, 4) is 0 Å². The third-order valence-corrected chi connectivity index (χ3v) is 6.22. The lowest BCUT2D eigenvalue weighted by Gasteiger charge is -2.23. The normalized spacial score (nSPS) is 13.2. The number of benzene rings is 2. The molecule has 2 aromatic rings. The number of allylic oxidation sites excluding steroid dienone is 2. The summed E-state index contributed by atoms with van der Waals surface area (Å²) in [5.74, 6) is -0.544. The molecule has 0 unspecified atom stereocenters. The zero-order valence-corrected chi connectivity index (χ0v) is 19.1. The summed E-state index contributed by atoms with van der Waals surface area (Å²) < 4.78 is 9.74. The van der Waals surface area contributed by atoms with Gasteiger partial charge in [-0.05, 0) is 54.1 Å². The average molecular weight is 476 g/mol. The third-order valence-electron chi connectivity index (χ3n) is 4.39. The number of thioether (sulfide) groups is 1. The van der Waals surface area contributed by atoms with E-state index >= 15 is 0 Å². The Morgan fingerprint density at radius 2 is 1.65 bits per heavy atom. The number of rotatable bonds is 6. The topological polar surface area (TPSA) is 55.8 Å². The molecule has 0 atom stereocenters. The van der Waals surface area contributed by atoms with E-state index in [1.165, 1.54) is 20.3 Å². The monoisotopic (exact) mass is 475 g/mol. The van der Waals surface area contributed by atoms with Gasteiger partial charge in [0.2, 0.25) is 0 Å². The number of methoxy groups -OCH3 is 2. The van der Waals surface area contributed by atoms with Gasteiger partial charge in [0.05, 0.1) is 29.8 Å². The van der Waals surface area contributed by atoms with E-state index in [4.69, 9.17) is 32.7 Å². The van der Waals surface area contributed by atoms with Crippen LogP contribution in [0.15, 0.2) is 83.1 Å². The van der Waals surface area contributed by atoms with Gasteiger partial charge in [0.15, 0.2) is 0 Å². The lowest BCUT2D eigenvalue weighted by Crippen LogP contribution is -2.26. The van der Waals surface area contributed by atoms with E-state index in [2.05, 4.69) is 0 Å². The maximum absolute atomic E-state index is 12.5. The molecule has 0 N–H and O–H groups in total. The van der Waals surface area contributed by atoms with Crippen LogP contribution in [0.25, 0.3) is 0 Å². The fraction of sp³-hybridized carbons (Fsp3) is 0.130. The van der Waals surface area contributed by atoms with Crippen molar-refractivity contribution in [2.45, 2.75) is 10.6 Å². The van der Waals surface area contributed by atoms with Crippen LogP contribution in [0.2, 0.25) is 10.0 Å². The molecule has 1 aliphatic rings. The van der Waals surface area contributed by atoms with Crippen LogP contribution in [0.5, 0.6) is 0 Å².